The fourth-order valence-corrected chi connectivity index (χ4v) is 1.86. The summed E-state index contributed by atoms with van der Waals surface area (Å²) < 4.78 is 26.8. The van der Waals surface area contributed by atoms with Crippen molar-refractivity contribution in [3.05, 3.63) is 21.6 Å². The zero-order chi connectivity index (χ0) is 15.8. The molecule has 1 aromatic heterocycles. The largest absolute Gasteiger partial charge is 0.477 e. The van der Waals surface area contributed by atoms with Gasteiger partial charge in [-0.15, -0.1) is 0 Å². The maximum absolute atomic E-state index is 13.4. The number of aliphatic carboxylic acids is 1. The topological polar surface area (TPSA) is 109 Å². The number of carboxylic acid groups (broad SMARTS) is 1. The maximum atomic E-state index is 13.4. The summed E-state index contributed by atoms with van der Waals surface area (Å²) in [4.78, 5) is 28.6. The lowest BCUT2D eigenvalue weighted by atomic mass is 10.3. The summed E-state index contributed by atoms with van der Waals surface area (Å²) >= 11 is 5.55. The van der Waals surface area contributed by atoms with E-state index in [1.807, 2.05) is 0 Å². The average Bonchev–Trinajstić information content (AvgIpc) is 3.19. The summed E-state index contributed by atoms with van der Waals surface area (Å²) in [6, 6.07) is -0.431. The molecule has 0 bridgehead atoms. The normalized spacial score (nSPS) is 14.8. The Hall–Kier alpha value is -2.10. The van der Waals surface area contributed by atoms with Gasteiger partial charge in [0.15, 0.2) is 0 Å². The van der Waals surface area contributed by atoms with Crippen molar-refractivity contribution in [1.29, 1.82) is 0 Å². The summed E-state index contributed by atoms with van der Waals surface area (Å²) in [6.45, 7) is -1.22. The Balaban J connectivity index is 2.41. The van der Waals surface area contributed by atoms with Gasteiger partial charge in [0.2, 0.25) is 11.1 Å². The fourth-order valence-electron chi connectivity index (χ4n) is 1.73. The van der Waals surface area contributed by atoms with Crippen molar-refractivity contribution < 1.29 is 23.6 Å². The van der Waals surface area contributed by atoms with Gasteiger partial charge in [0.25, 0.3) is 0 Å². The molecule has 1 aromatic rings. The number of halogens is 3. The standard InChI is InChI=1S/C10H9ClF2N4O4/c11-9-14-3-6(17(20)21)7(15-9)16(5-1-2-5)4-10(12,13)8(18)19/h3,5H,1-2,4H2,(H,18,19). The molecule has 0 radical (unpaired) electrons. The van der Waals surface area contributed by atoms with Crippen molar-refractivity contribution in [3.63, 3.8) is 0 Å². The van der Waals surface area contributed by atoms with Crippen molar-refractivity contribution in [3.8, 4) is 0 Å². The molecule has 1 saturated carbocycles. The SMILES string of the molecule is O=C(O)C(F)(F)CN(c1nc(Cl)ncc1[N+](=O)[O-])C1CC1. The number of carbonyl (C=O) groups is 1. The second-order valence-electron chi connectivity index (χ2n) is 4.47. The van der Waals surface area contributed by atoms with E-state index in [0.717, 1.165) is 11.1 Å². The summed E-state index contributed by atoms with van der Waals surface area (Å²) in [5.74, 6) is -6.77. The Bertz CT molecular complexity index is 596. The van der Waals surface area contributed by atoms with E-state index in [4.69, 9.17) is 16.7 Å². The van der Waals surface area contributed by atoms with Gasteiger partial charge in [-0.1, -0.05) is 0 Å². The summed E-state index contributed by atoms with van der Waals surface area (Å²) in [5.41, 5.74) is -0.604. The minimum atomic E-state index is -4.06. The van der Waals surface area contributed by atoms with Crippen LogP contribution in [-0.4, -0.2) is 44.5 Å². The van der Waals surface area contributed by atoms with Crippen LogP contribution in [0.1, 0.15) is 12.8 Å². The molecule has 0 aromatic carbocycles. The molecule has 1 aliphatic rings. The van der Waals surface area contributed by atoms with E-state index in [9.17, 15) is 23.7 Å². The Morgan fingerprint density at radius 3 is 2.71 bits per heavy atom. The Labute approximate surface area is 121 Å². The minimum Gasteiger partial charge on any atom is -0.477 e. The molecular formula is C10H9ClF2N4O4. The summed E-state index contributed by atoms with van der Waals surface area (Å²) in [7, 11) is 0. The van der Waals surface area contributed by atoms with Gasteiger partial charge in [-0.25, -0.2) is 9.78 Å². The summed E-state index contributed by atoms with van der Waals surface area (Å²) in [6.07, 6.45) is 1.82. The lowest BCUT2D eigenvalue weighted by Gasteiger charge is -2.25. The van der Waals surface area contributed by atoms with Crippen molar-refractivity contribution in [2.75, 3.05) is 11.4 Å². The Morgan fingerprint density at radius 1 is 1.62 bits per heavy atom. The molecule has 0 spiro atoms. The second-order valence-corrected chi connectivity index (χ2v) is 4.81. The van der Waals surface area contributed by atoms with Gasteiger partial charge >= 0.3 is 17.6 Å². The van der Waals surface area contributed by atoms with Crippen LogP contribution in [0.4, 0.5) is 20.3 Å². The van der Waals surface area contributed by atoms with Crippen LogP contribution in [0.5, 0.6) is 0 Å². The molecule has 8 nitrogen and oxygen atoms in total. The van der Waals surface area contributed by atoms with Crippen molar-refractivity contribution in [1.82, 2.24) is 9.97 Å². The number of rotatable bonds is 6. The molecule has 11 heteroatoms. The van der Waals surface area contributed by atoms with E-state index in [-0.39, 0.29) is 5.28 Å². The first-order valence-electron chi connectivity index (χ1n) is 5.77. The maximum Gasteiger partial charge on any atom is 0.376 e. The number of carboxylic acids is 1. The van der Waals surface area contributed by atoms with Crippen LogP contribution >= 0.6 is 11.6 Å². The second kappa shape index (κ2) is 5.35. The number of alkyl halides is 2. The molecule has 0 saturated heterocycles. The number of anilines is 1. The van der Waals surface area contributed by atoms with Gasteiger partial charge in [-0.05, 0) is 24.4 Å². The third-order valence-corrected chi connectivity index (χ3v) is 3.04. The van der Waals surface area contributed by atoms with Crippen LogP contribution < -0.4 is 4.90 Å². The molecule has 1 N–H and O–H groups in total. The van der Waals surface area contributed by atoms with Gasteiger partial charge in [-0.3, -0.25) is 10.1 Å². The van der Waals surface area contributed by atoms with E-state index in [2.05, 4.69) is 9.97 Å². The molecular weight excluding hydrogens is 314 g/mol. The van der Waals surface area contributed by atoms with Gasteiger partial charge in [0, 0.05) is 6.04 Å². The minimum absolute atomic E-state index is 0.347. The van der Waals surface area contributed by atoms with Gasteiger partial charge in [0.05, 0.1) is 11.5 Å². The number of nitrogens with zero attached hydrogens (tertiary/aromatic N) is 4. The molecule has 0 aliphatic heterocycles. The first-order valence-corrected chi connectivity index (χ1v) is 6.15. The van der Waals surface area contributed by atoms with Crippen LogP contribution in [0.25, 0.3) is 0 Å². The Kier molecular flexibility index (Phi) is 3.90. The van der Waals surface area contributed by atoms with Gasteiger partial charge < -0.3 is 10.0 Å². The van der Waals surface area contributed by atoms with Crippen LogP contribution in [-0.2, 0) is 4.79 Å². The first kappa shape index (κ1) is 15.3. The molecule has 1 heterocycles. The number of nitro groups is 1. The highest BCUT2D eigenvalue weighted by Gasteiger charge is 2.46. The predicted octanol–water partition coefficient (Wildman–Crippen LogP) is 1.73. The average molecular weight is 323 g/mol. The quantitative estimate of drug-likeness (QED) is 0.482. The van der Waals surface area contributed by atoms with Crippen LogP contribution in [0.3, 0.4) is 0 Å². The number of hydrogen-bond donors (Lipinski definition) is 1. The smallest absolute Gasteiger partial charge is 0.376 e. The Morgan fingerprint density at radius 2 is 2.24 bits per heavy atom. The molecule has 2 rings (SSSR count). The fraction of sp³-hybridized carbons (Fsp3) is 0.500. The lowest BCUT2D eigenvalue weighted by Crippen LogP contribution is -2.44. The molecule has 0 unspecified atom stereocenters. The van der Waals surface area contributed by atoms with Gasteiger partial charge in [0.1, 0.15) is 6.20 Å². The zero-order valence-electron chi connectivity index (χ0n) is 10.4. The van der Waals surface area contributed by atoms with Crippen LogP contribution in [0, 0.1) is 10.1 Å². The molecule has 21 heavy (non-hydrogen) atoms. The van der Waals surface area contributed by atoms with E-state index in [1.165, 1.54) is 0 Å². The predicted molar refractivity (Wildman–Crippen MR) is 66.6 cm³/mol. The number of hydrogen-bond acceptors (Lipinski definition) is 6. The highest BCUT2D eigenvalue weighted by atomic mass is 35.5. The molecule has 1 aliphatic carbocycles. The third kappa shape index (κ3) is 3.32. The van der Waals surface area contributed by atoms with E-state index < -0.39 is 40.9 Å². The highest BCUT2D eigenvalue weighted by molar-refractivity contribution is 6.28. The van der Waals surface area contributed by atoms with Crippen LogP contribution in [0.15, 0.2) is 6.20 Å². The molecule has 0 atom stereocenters. The van der Waals surface area contributed by atoms with Crippen molar-refractivity contribution >= 4 is 29.1 Å². The number of aromatic nitrogens is 2. The zero-order valence-corrected chi connectivity index (χ0v) is 11.1. The van der Waals surface area contributed by atoms with Crippen LogP contribution in [0.2, 0.25) is 5.28 Å². The van der Waals surface area contributed by atoms with Gasteiger partial charge in [-0.2, -0.15) is 13.8 Å². The van der Waals surface area contributed by atoms with Crippen molar-refractivity contribution in [2.45, 2.75) is 24.8 Å². The highest BCUT2D eigenvalue weighted by Crippen LogP contribution is 2.37. The van der Waals surface area contributed by atoms with E-state index in [0.29, 0.717) is 12.8 Å². The lowest BCUT2D eigenvalue weighted by molar-refractivity contribution is -0.384. The summed E-state index contributed by atoms with van der Waals surface area (Å²) in [5, 5.41) is 19.1. The monoisotopic (exact) mass is 322 g/mol. The van der Waals surface area contributed by atoms with E-state index >= 15 is 0 Å². The van der Waals surface area contributed by atoms with E-state index in [1.54, 1.807) is 0 Å². The molecule has 1 fully saturated rings. The molecule has 0 amide bonds. The third-order valence-electron chi connectivity index (χ3n) is 2.86. The first-order chi connectivity index (χ1) is 9.72. The molecule has 114 valence electrons. The van der Waals surface area contributed by atoms with Crippen molar-refractivity contribution in [2.24, 2.45) is 0 Å².